The minimum atomic E-state index is -0.405. The van der Waals surface area contributed by atoms with Crippen molar-refractivity contribution in [3.63, 3.8) is 0 Å². The molecule has 0 unspecified atom stereocenters. The van der Waals surface area contributed by atoms with Gasteiger partial charge in [-0.1, -0.05) is 30.3 Å². The van der Waals surface area contributed by atoms with Gasteiger partial charge in [0, 0.05) is 44.4 Å². The Morgan fingerprint density at radius 2 is 1.85 bits per heavy atom. The molecule has 0 spiro atoms. The minimum absolute atomic E-state index is 0.141. The summed E-state index contributed by atoms with van der Waals surface area (Å²) in [5.74, 6) is -0.766. The van der Waals surface area contributed by atoms with E-state index in [4.69, 9.17) is 0 Å². The van der Waals surface area contributed by atoms with E-state index in [2.05, 4.69) is 34.1 Å². The number of hydrogen-bond acceptors (Lipinski definition) is 3. The molecule has 2 aromatic rings. The van der Waals surface area contributed by atoms with E-state index in [1.165, 1.54) is 17.7 Å². The van der Waals surface area contributed by atoms with Crippen LogP contribution in [-0.4, -0.2) is 53.7 Å². The van der Waals surface area contributed by atoms with E-state index in [-0.39, 0.29) is 18.5 Å². The van der Waals surface area contributed by atoms with Crippen LogP contribution in [-0.2, 0) is 13.0 Å². The third-order valence-electron chi connectivity index (χ3n) is 5.31. The van der Waals surface area contributed by atoms with Gasteiger partial charge in [-0.15, -0.1) is 0 Å². The van der Waals surface area contributed by atoms with Crippen LogP contribution in [0.1, 0.15) is 24.0 Å². The van der Waals surface area contributed by atoms with E-state index in [0.717, 1.165) is 45.1 Å². The quantitative estimate of drug-likeness (QED) is 0.767. The fourth-order valence-corrected chi connectivity index (χ4v) is 3.85. The van der Waals surface area contributed by atoms with Crippen LogP contribution in [0.4, 0.5) is 8.78 Å². The van der Waals surface area contributed by atoms with Crippen LogP contribution >= 0.6 is 0 Å². The van der Waals surface area contributed by atoms with Gasteiger partial charge in [0.1, 0.15) is 11.6 Å². The molecule has 1 aliphatic heterocycles. The maximum atomic E-state index is 13.9. The summed E-state index contributed by atoms with van der Waals surface area (Å²) >= 11 is 0. The molecule has 0 aromatic heterocycles. The first-order valence-electron chi connectivity index (χ1n) is 9.71. The Morgan fingerprint density at radius 3 is 2.63 bits per heavy atom. The van der Waals surface area contributed by atoms with Crippen molar-refractivity contribution in [2.75, 3.05) is 32.8 Å². The van der Waals surface area contributed by atoms with Gasteiger partial charge in [-0.3, -0.25) is 9.80 Å². The molecule has 0 saturated carbocycles. The van der Waals surface area contributed by atoms with Crippen molar-refractivity contribution in [3.8, 4) is 0 Å². The average molecular weight is 374 g/mol. The van der Waals surface area contributed by atoms with Crippen molar-refractivity contribution in [1.82, 2.24) is 9.80 Å². The summed E-state index contributed by atoms with van der Waals surface area (Å²) in [7, 11) is 0. The molecule has 0 amide bonds. The molecule has 2 aromatic carbocycles. The molecule has 5 heteroatoms. The van der Waals surface area contributed by atoms with Gasteiger partial charge in [0.2, 0.25) is 0 Å². The highest BCUT2D eigenvalue weighted by atomic mass is 19.1. The van der Waals surface area contributed by atoms with Crippen LogP contribution in [0.3, 0.4) is 0 Å². The maximum Gasteiger partial charge on any atom is 0.127 e. The first-order chi connectivity index (χ1) is 13.2. The van der Waals surface area contributed by atoms with Crippen molar-refractivity contribution in [2.45, 2.75) is 31.8 Å². The number of nitrogens with zero attached hydrogens (tertiary/aromatic N) is 2. The molecule has 1 heterocycles. The Kier molecular flexibility index (Phi) is 7.33. The zero-order valence-electron chi connectivity index (χ0n) is 15.7. The molecular formula is C22H28F2N2O. The molecule has 146 valence electrons. The third-order valence-corrected chi connectivity index (χ3v) is 5.31. The number of hydrogen-bond donors (Lipinski definition) is 1. The summed E-state index contributed by atoms with van der Waals surface area (Å²) in [5.41, 5.74) is 1.74. The van der Waals surface area contributed by atoms with E-state index in [0.29, 0.717) is 18.5 Å². The third kappa shape index (κ3) is 5.83. The monoisotopic (exact) mass is 374 g/mol. The van der Waals surface area contributed by atoms with Gasteiger partial charge < -0.3 is 5.11 Å². The number of aliphatic hydroxyl groups is 1. The second-order valence-electron chi connectivity index (χ2n) is 7.26. The number of halogens is 2. The number of benzene rings is 2. The molecule has 1 saturated heterocycles. The largest absolute Gasteiger partial charge is 0.396 e. The second-order valence-corrected chi connectivity index (χ2v) is 7.26. The maximum absolute atomic E-state index is 13.9. The molecule has 0 radical (unpaired) electrons. The normalized spacial score (nSPS) is 18.7. The molecule has 27 heavy (non-hydrogen) atoms. The van der Waals surface area contributed by atoms with Crippen molar-refractivity contribution < 1.29 is 13.9 Å². The Balaban J connectivity index is 1.53. The SMILES string of the molecule is OCC[C@H]1CN(Cc2cc(F)ccc2F)CCN1CCCc1ccccc1. The van der Waals surface area contributed by atoms with Crippen LogP contribution in [0.15, 0.2) is 48.5 Å². The number of rotatable bonds is 8. The fraction of sp³-hybridized carbons (Fsp3) is 0.455. The molecule has 1 aliphatic rings. The molecule has 0 bridgehead atoms. The zero-order chi connectivity index (χ0) is 19.1. The molecule has 1 fully saturated rings. The van der Waals surface area contributed by atoms with Crippen molar-refractivity contribution in [3.05, 3.63) is 71.3 Å². The van der Waals surface area contributed by atoms with E-state index < -0.39 is 5.82 Å². The lowest BCUT2D eigenvalue weighted by atomic mass is 10.1. The summed E-state index contributed by atoms with van der Waals surface area (Å²) in [4.78, 5) is 4.59. The van der Waals surface area contributed by atoms with Crippen LogP contribution < -0.4 is 0 Å². The topological polar surface area (TPSA) is 26.7 Å². The number of aliphatic hydroxyl groups excluding tert-OH is 1. The Hall–Kier alpha value is -1.82. The van der Waals surface area contributed by atoms with Gasteiger partial charge in [-0.05, 0) is 49.6 Å². The predicted octanol–water partition coefficient (Wildman–Crippen LogP) is 3.47. The van der Waals surface area contributed by atoms with Crippen molar-refractivity contribution >= 4 is 0 Å². The summed E-state index contributed by atoms with van der Waals surface area (Å²) < 4.78 is 27.3. The number of piperazine rings is 1. The lowest BCUT2D eigenvalue weighted by molar-refractivity contribution is 0.0541. The lowest BCUT2D eigenvalue weighted by Crippen LogP contribution is -2.53. The summed E-state index contributed by atoms with van der Waals surface area (Å²) in [6.07, 6.45) is 2.82. The fourth-order valence-electron chi connectivity index (χ4n) is 3.85. The Bertz CT molecular complexity index is 711. The Morgan fingerprint density at radius 1 is 1.04 bits per heavy atom. The van der Waals surface area contributed by atoms with Gasteiger partial charge in [0.25, 0.3) is 0 Å². The van der Waals surface area contributed by atoms with Gasteiger partial charge >= 0.3 is 0 Å². The molecular weight excluding hydrogens is 346 g/mol. The van der Waals surface area contributed by atoms with E-state index >= 15 is 0 Å². The summed E-state index contributed by atoms with van der Waals surface area (Å²) in [5, 5.41) is 9.44. The van der Waals surface area contributed by atoms with Crippen LogP contribution in [0.5, 0.6) is 0 Å². The van der Waals surface area contributed by atoms with Crippen LogP contribution in [0, 0.1) is 11.6 Å². The summed E-state index contributed by atoms with van der Waals surface area (Å²) in [6.45, 7) is 4.01. The zero-order valence-corrected chi connectivity index (χ0v) is 15.7. The minimum Gasteiger partial charge on any atom is -0.396 e. The second kappa shape index (κ2) is 9.93. The van der Waals surface area contributed by atoms with Gasteiger partial charge in [0.15, 0.2) is 0 Å². The molecule has 3 rings (SSSR count). The molecule has 3 nitrogen and oxygen atoms in total. The molecule has 1 atom stereocenters. The van der Waals surface area contributed by atoms with E-state index in [1.54, 1.807) is 0 Å². The van der Waals surface area contributed by atoms with Gasteiger partial charge in [-0.2, -0.15) is 0 Å². The molecule has 1 N–H and O–H groups in total. The number of aryl methyl sites for hydroxylation is 1. The van der Waals surface area contributed by atoms with Crippen LogP contribution in [0.25, 0.3) is 0 Å². The van der Waals surface area contributed by atoms with Gasteiger partial charge in [-0.25, -0.2) is 8.78 Å². The average Bonchev–Trinajstić information content (AvgIpc) is 2.67. The standard InChI is InChI=1S/C22H28F2N2O/c23-20-8-9-22(24)19(15-20)16-25-12-13-26(21(17-25)10-14-27)11-4-7-18-5-2-1-3-6-18/h1-3,5-6,8-9,15,21,27H,4,7,10-14,16-17H2/t21-/m0/s1. The Labute approximate surface area is 160 Å². The van der Waals surface area contributed by atoms with Crippen molar-refractivity contribution in [1.29, 1.82) is 0 Å². The first kappa shape index (κ1) is 19.9. The van der Waals surface area contributed by atoms with Gasteiger partial charge in [0.05, 0.1) is 0 Å². The predicted molar refractivity (Wildman–Crippen MR) is 103 cm³/mol. The van der Waals surface area contributed by atoms with Crippen molar-refractivity contribution in [2.24, 2.45) is 0 Å². The highest BCUT2D eigenvalue weighted by molar-refractivity contribution is 5.19. The first-order valence-corrected chi connectivity index (χ1v) is 9.71. The molecule has 0 aliphatic carbocycles. The van der Waals surface area contributed by atoms with E-state index in [1.807, 2.05) is 6.07 Å². The summed E-state index contributed by atoms with van der Waals surface area (Å²) in [6, 6.07) is 14.3. The lowest BCUT2D eigenvalue weighted by Gasteiger charge is -2.41. The van der Waals surface area contributed by atoms with Crippen LogP contribution in [0.2, 0.25) is 0 Å². The smallest absolute Gasteiger partial charge is 0.127 e. The highest BCUT2D eigenvalue weighted by Gasteiger charge is 2.26. The van der Waals surface area contributed by atoms with E-state index in [9.17, 15) is 13.9 Å². The highest BCUT2D eigenvalue weighted by Crippen LogP contribution is 2.18.